The van der Waals surface area contributed by atoms with Crippen LogP contribution in [0.25, 0.3) is 0 Å². The van der Waals surface area contributed by atoms with Gasteiger partial charge in [-0.05, 0) is 25.4 Å². The molecule has 0 fully saturated rings. The largest absolute Gasteiger partial charge is 0.271 e. The van der Waals surface area contributed by atoms with E-state index in [-0.39, 0.29) is 6.04 Å². The van der Waals surface area contributed by atoms with Gasteiger partial charge in [-0.1, -0.05) is 4.49 Å². The number of hydrogen-bond donors (Lipinski definition) is 2. The average molecular weight is 255 g/mol. The van der Waals surface area contributed by atoms with E-state index in [4.69, 9.17) is 5.84 Å². The molecule has 0 aromatic carbocycles. The van der Waals surface area contributed by atoms with Crippen LogP contribution >= 0.6 is 22.9 Å². The third-order valence-corrected chi connectivity index (χ3v) is 4.18. The van der Waals surface area contributed by atoms with E-state index in [0.29, 0.717) is 0 Å². The standard InChI is InChI=1S/C9H13N5S2/c1-5-4-15-8(11-5)3-7(12-10)9-6(2)13-14-16-9/h4,7,12H,3,10H2,1-2H3. The van der Waals surface area contributed by atoms with Crippen molar-refractivity contribution in [2.75, 3.05) is 0 Å². The zero-order valence-electron chi connectivity index (χ0n) is 9.10. The number of aryl methyl sites for hydroxylation is 2. The van der Waals surface area contributed by atoms with Gasteiger partial charge in [-0.3, -0.25) is 11.3 Å². The maximum atomic E-state index is 5.57. The van der Waals surface area contributed by atoms with Crippen molar-refractivity contribution in [2.24, 2.45) is 5.84 Å². The third-order valence-electron chi connectivity index (χ3n) is 2.25. The second-order valence-electron chi connectivity index (χ2n) is 3.53. The van der Waals surface area contributed by atoms with Crippen molar-refractivity contribution in [3.63, 3.8) is 0 Å². The van der Waals surface area contributed by atoms with Crippen LogP contribution in [-0.4, -0.2) is 14.6 Å². The number of rotatable bonds is 4. The molecule has 0 spiro atoms. The van der Waals surface area contributed by atoms with Crippen molar-refractivity contribution in [3.8, 4) is 0 Å². The maximum Gasteiger partial charge on any atom is 0.0947 e. The summed E-state index contributed by atoms with van der Waals surface area (Å²) in [7, 11) is 0. The molecule has 0 saturated heterocycles. The molecule has 2 aromatic heterocycles. The van der Waals surface area contributed by atoms with Crippen molar-refractivity contribution in [2.45, 2.75) is 26.3 Å². The zero-order valence-corrected chi connectivity index (χ0v) is 10.7. The van der Waals surface area contributed by atoms with E-state index in [1.807, 2.05) is 19.2 Å². The summed E-state index contributed by atoms with van der Waals surface area (Å²) >= 11 is 3.04. The molecule has 7 heteroatoms. The molecule has 0 aliphatic rings. The summed E-state index contributed by atoms with van der Waals surface area (Å²) in [5.41, 5.74) is 4.78. The van der Waals surface area contributed by atoms with E-state index in [0.717, 1.165) is 27.7 Å². The maximum absolute atomic E-state index is 5.57. The Hall–Kier alpha value is -0.890. The predicted octanol–water partition coefficient (Wildman–Crippen LogP) is 1.36. The first-order valence-corrected chi connectivity index (χ1v) is 6.52. The minimum atomic E-state index is 0.0468. The Morgan fingerprint density at radius 2 is 2.31 bits per heavy atom. The van der Waals surface area contributed by atoms with E-state index >= 15 is 0 Å². The van der Waals surface area contributed by atoms with Gasteiger partial charge in [-0.2, -0.15) is 0 Å². The number of hydrogen-bond acceptors (Lipinski definition) is 7. The fourth-order valence-electron chi connectivity index (χ4n) is 1.46. The Bertz CT molecular complexity index is 464. The minimum absolute atomic E-state index is 0.0468. The van der Waals surface area contributed by atoms with Crippen molar-refractivity contribution in [1.82, 2.24) is 20.0 Å². The van der Waals surface area contributed by atoms with Gasteiger partial charge in [0.1, 0.15) is 0 Å². The highest BCUT2D eigenvalue weighted by Crippen LogP contribution is 2.24. The van der Waals surface area contributed by atoms with Crippen molar-refractivity contribution in [3.05, 3.63) is 26.7 Å². The molecule has 1 unspecified atom stereocenters. The molecule has 0 radical (unpaired) electrons. The normalized spacial score (nSPS) is 12.9. The van der Waals surface area contributed by atoms with Gasteiger partial charge in [0, 0.05) is 17.5 Å². The third kappa shape index (κ3) is 2.43. The topological polar surface area (TPSA) is 76.7 Å². The van der Waals surface area contributed by atoms with Gasteiger partial charge >= 0.3 is 0 Å². The van der Waals surface area contributed by atoms with E-state index in [1.54, 1.807) is 11.3 Å². The molecule has 2 aromatic rings. The highest BCUT2D eigenvalue weighted by molar-refractivity contribution is 7.09. The van der Waals surface area contributed by atoms with Crippen molar-refractivity contribution < 1.29 is 0 Å². The van der Waals surface area contributed by atoms with Crippen LogP contribution in [0.1, 0.15) is 27.3 Å². The summed E-state index contributed by atoms with van der Waals surface area (Å²) < 4.78 is 3.92. The molecule has 86 valence electrons. The lowest BCUT2D eigenvalue weighted by Gasteiger charge is -2.12. The number of nitrogens with zero attached hydrogens (tertiary/aromatic N) is 3. The summed E-state index contributed by atoms with van der Waals surface area (Å²) in [5, 5.41) is 7.11. The molecule has 0 aliphatic heterocycles. The quantitative estimate of drug-likeness (QED) is 0.637. The Morgan fingerprint density at radius 1 is 1.50 bits per heavy atom. The van der Waals surface area contributed by atoms with Crippen LogP contribution in [0.15, 0.2) is 5.38 Å². The van der Waals surface area contributed by atoms with E-state index in [2.05, 4.69) is 20.0 Å². The van der Waals surface area contributed by atoms with Crippen molar-refractivity contribution in [1.29, 1.82) is 0 Å². The van der Waals surface area contributed by atoms with Gasteiger partial charge in [-0.25, -0.2) is 4.98 Å². The smallest absolute Gasteiger partial charge is 0.0947 e. The average Bonchev–Trinajstić information content (AvgIpc) is 2.84. The molecular weight excluding hydrogens is 242 g/mol. The van der Waals surface area contributed by atoms with Gasteiger partial charge in [0.05, 0.1) is 21.6 Å². The highest BCUT2D eigenvalue weighted by Gasteiger charge is 2.17. The molecule has 5 nitrogen and oxygen atoms in total. The molecule has 3 N–H and O–H groups in total. The first-order chi connectivity index (χ1) is 7.70. The summed E-state index contributed by atoms with van der Waals surface area (Å²) in [6.07, 6.45) is 0.778. The van der Waals surface area contributed by atoms with E-state index in [1.165, 1.54) is 11.5 Å². The zero-order chi connectivity index (χ0) is 11.5. The van der Waals surface area contributed by atoms with Gasteiger partial charge in [-0.15, -0.1) is 16.4 Å². The Morgan fingerprint density at radius 3 is 2.81 bits per heavy atom. The van der Waals surface area contributed by atoms with Crippen molar-refractivity contribution >= 4 is 22.9 Å². The molecule has 2 heterocycles. The van der Waals surface area contributed by atoms with E-state index in [9.17, 15) is 0 Å². The second kappa shape index (κ2) is 4.96. The van der Waals surface area contributed by atoms with Gasteiger partial charge in [0.25, 0.3) is 0 Å². The highest BCUT2D eigenvalue weighted by atomic mass is 32.1. The molecular formula is C9H13N5S2. The summed E-state index contributed by atoms with van der Waals surface area (Å²) in [5.74, 6) is 5.57. The van der Waals surface area contributed by atoms with Crippen LogP contribution < -0.4 is 11.3 Å². The monoisotopic (exact) mass is 255 g/mol. The second-order valence-corrected chi connectivity index (χ2v) is 5.26. The van der Waals surface area contributed by atoms with Gasteiger partial charge in [0.15, 0.2) is 0 Å². The van der Waals surface area contributed by atoms with Gasteiger partial charge < -0.3 is 0 Å². The number of nitrogens with one attached hydrogen (secondary N) is 1. The molecule has 0 saturated carbocycles. The lowest BCUT2D eigenvalue weighted by atomic mass is 10.1. The number of thiazole rings is 1. The Labute approximate surface area is 102 Å². The summed E-state index contributed by atoms with van der Waals surface area (Å²) in [4.78, 5) is 5.50. The predicted molar refractivity (Wildman–Crippen MR) is 65.3 cm³/mol. The van der Waals surface area contributed by atoms with Crippen LogP contribution in [0.4, 0.5) is 0 Å². The fraction of sp³-hybridized carbons (Fsp3) is 0.444. The number of hydrazine groups is 1. The Balaban J connectivity index is 2.15. The fourth-order valence-corrected chi connectivity index (χ4v) is 2.98. The molecule has 1 atom stereocenters. The Kier molecular flexibility index (Phi) is 3.59. The van der Waals surface area contributed by atoms with Crippen LogP contribution in [0.3, 0.4) is 0 Å². The summed E-state index contributed by atoms with van der Waals surface area (Å²) in [6.45, 7) is 3.93. The van der Waals surface area contributed by atoms with Crippen LogP contribution in [0.2, 0.25) is 0 Å². The lowest BCUT2D eigenvalue weighted by Crippen LogP contribution is -2.29. The van der Waals surface area contributed by atoms with Gasteiger partial charge in [0.2, 0.25) is 0 Å². The lowest BCUT2D eigenvalue weighted by molar-refractivity contribution is 0.555. The molecule has 0 aliphatic carbocycles. The first kappa shape index (κ1) is 11.6. The first-order valence-electron chi connectivity index (χ1n) is 4.86. The molecule has 0 amide bonds. The number of aromatic nitrogens is 3. The van der Waals surface area contributed by atoms with Crippen LogP contribution in [-0.2, 0) is 6.42 Å². The molecule has 2 rings (SSSR count). The summed E-state index contributed by atoms with van der Waals surface area (Å²) in [6, 6.07) is 0.0468. The van der Waals surface area contributed by atoms with Crippen LogP contribution in [0, 0.1) is 13.8 Å². The minimum Gasteiger partial charge on any atom is -0.271 e. The molecule has 0 bridgehead atoms. The molecule has 16 heavy (non-hydrogen) atoms. The SMILES string of the molecule is Cc1csc(CC(NN)c2snnc2C)n1. The van der Waals surface area contributed by atoms with E-state index < -0.39 is 0 Å². The number of nitrogens with two attached hydrogens (primary N) is 1. The van der Waals surface area contributed by atoms with Crippen LogP contribution in [0.5, 0.6) is 0 Å².